The molecule has 1 aliphatic rings. The Morgan fingerprint density at radius 2 is 1.20 bits per heavy atom. The van der Waals surface area contributed by atoms with E-state index in [2.05, 4.69) is 54.6 Å². The molecular formula is C22H22OP2. The smallest absolute Gasteiger partial charge is 0.150 e. The summed E-state index contributed by atoms with van der Waals surface area (Å²) < 4.78 is 14.6. The largest absolute Gasteiger partial charge is 0.313 e. The Bertz CT molecular complexity index is 819. The zero-order valence-electron chi connectivity index (χ0n) is 14.2. The topological polar surface area (TPSA) is 17.1 Å². The van der Waals surface area contributed by atoms with Crippen molar-refractivity contribution in [2.45, 2.75) is 18.2 Å². The first-order valence-corrected chi connectivity index (χ1v) is 12.2. The van der Waals surface area contributed by atoms with E-state index in [0.29, 0.717) is 0 Å². The maximum atomic E-state index is 14.6. The van der Waals surface area contributed by atoms with Gasteiger partial charge in [-0.2, -0.15) is 0 Å². The van der Waals surface area contributed by atoms with E-state index in [9.17, 15) is 4.57 Å². The zero-order valence-corrected chi connectivity index (χ0v) is 16.0. The Hall–Kier alpha value is -1.68. The molecule has 3 aromatic rings. The lowest BCUT2D eigenvalue weighted by Crippen LogP contribution is -2.25. The third-order valence-electron chi connectivity index (χ3n) is 5.01. The highest BCUT2D eigenvalue weighted by atomic mass is 31.2. The number of hydrogen-bond acceptors (Lipinski definition) is 1. The van der Waals surface area contributed by atoms with Gasteiger partial charge in [-0.05, 0) is 24.3 Å². The minimum Gasteiger partial charge on any atom is -0.313 e. The first kappa shape index (κ1) is 16.8. The standard InChI is InChI=1S/C22H22OP2/c23-25(20-13-6-2-7-14-20,21-15-8-3-9-16-21)22-17-10-18-24(22)19-11-4-1-5-12-19/h1-9,11-16,22H,10,17-18H2. The van der Waals surface area contributed by atoms with Gasteiger partial charge in [-0.1, -0.05) is 98.9 Å². The summed E-state index contributed by atoms with van der Waals surface area (Å²) in [5.74, 6) is 0. The predicted octanol–water partition coefficient (Wildman–Crippen LogP) is 4.93. The van der Waals surface area contributed by atoms with Crippen molar-refractivity contribution in [1.82, 2.24) is 0 Å². The quantitative estimate of drug-likeness (QED) is 0.600. The molecule has 0 saturated carbocycles. The molecule has 0 amide bonds. The fraction of sp³-hybridized carbons (Fsp3) is 0.182. The molecule has 4 rings (SSSR count). The third kappa shape index (κ3) is 3.12. The van der Waals surface area contributed by atoms with Crippen LogP contribution in [-0.4, -0.2) is 11.6 Å². The van der Waals surface area contributed by atoms with Crippen LogP contribution in [0.5, 0.6) is 0 Å². The van der Waals surface area contributed by atoms with E-state index in [4.69, 9.17) is 0 Å². The first-order valence-electron chi connectivity index (χ1n) is 8.83. The van der Waals surface area contributed by atoms with Crippen LogP contribution in [-0.2, 0) is 4.57 Å². The van der Waals surface area contributed by atoms with Gasteiger partial charge in [0.15, 0.2) is 7.14 Å². The van der Waals surface area contributed by atoms with Crippen LogP contribution in [0.15, 0.2) is 91.0 Å². The van der Waals surface area contributed by atoms with Gasteiger partial charge in [-0.25, -0.2) is 0 Å². The second kappa shape index (κ2) is 7.28. The summed E-state index contributed by atoms with van der Waals surface area (Å²) in [6, 6.07) is 31.1. The Morgan fingerprint density at radius 1 is 0.720 bits per heavy atom. The molecule has 0 radical (unpaired) electrons. The molecule has 0 bridgehead atoms. The van der Waals surface area contributed by atoms with Gasteiger partial charge in [-0.15, -0.1) is 0 Å². The van der Waals surface area contributed by atoms with Crippen molar-refractivity contribution in [3.8, 4) is 0 Å². The van der Waals surface area contributed by atoms with Gasteiger partial charge in [0.05, 0.1) is 0 Å². The molecule has 1 heterocycles. The van der Waals surface area contributed by atoms with Gasteiger partial charge < -0.3 is 4.57 Å². The number of rotatable bonds is 4. The minimum absolute atomic E-state index is 0.245. The van der Waals surface area contributed by atoms with Gasteiger partial charge in [0.2, 0.25) is 0 Å². The van der Waals surface area contributed by atoms with Crippen LogP contribution in [0.25, 0.3) is 0 Å². The summed E-state index contributed by atoms with van der Waals surface area (Å²) in [6.07, 6.45) is 3.42. The monoisotopic (exact) mass is 364 g/mol. The molecule has 0 aliphatic carbocycles. The summed E-state index contributed by atoms with van der Waals surface area (Å²) in [5, 5.41) is 3.66. The molecule has 3 aromatic carbocycles. The summed E-state index contributed by atoms with van der Waals surface area (Å²) in [7, 11) is -3.07. The Morgan fingerprint density at radius 3 is 1.72 bits per heavy atom. The summed E-state index contributed by atoms with van der Waals surface area (Å²) in [4.78, 5) is 0. The molecule has 2 unspecified atom stereocenters. The molecule has 1 fully saturated rings. The van der Waals surface area contributed by atoms with Crippen LogP contribution in [0.3, 0.4) is 0 Å². The lowest BCUT2D eigenvalue weighted by atomic mass is 10.4. The molecule has 1 aliphatic heterocycles. The second-order valence-electron chi connectivity index (χ2n) is 6.48. The molecule has 0 N–H and O–H groups in total. The number of hydrogen-bond donors (Lipinski definition) is 0. The molecule has 0 spiro atoms. The van der Waals surface area contributed by atoms with Gasteiger partial charge in [0.25, 0.3) is 0 Å². The van der Waals surface area contributed by atoms with Crippen LogP contribution < -0.4 is 15.9 Å². The van der Waals surface area contributed by atoms with Gasteiger partial charge in [0.1, 0.15) is 0 Å². The molecule has 1 nitrogen and oxygen atoms in total. The predicted molar refractivity (Wildman–Crippen MR) is 111 cm³/mol. The summed E-state index contributed by atoms with van der Waals surface area (Å²) in [6.45, 7) is 0. The van der Waals surface area contributed by atoms with E-state index in [0.717, 1.165) is 17.0 Å². The Balaban J connectivity index is 1.85. The first-order chi connectivity index (χ1) is 12.3. The van der Waals surface area contributed by atoms with E-state index < -0.39 is 15.1 Å². The maximum Gasteiger partial charge on any atom is 0.150 e. The lowest BCUT2D eigenvalue weighted by Gasteiger charge is -2.30. The van der Waals surface area contributed by atoms with Crippen LogP contribution in [0.4, 0.5) is 0 Å². The molecule has 0 aromatic heterocycles. The van der Waals surface area contributed by atoms with Gasteiger partial charge >= 0.3 is 0 Å². The molecule has 25 heavy (non-hydrogen) atoms. The van der Waals surface area contributed by atoms with Crippen molar-refractivity contribution in [3.05, 3.63) is 91.0 Å². The molecule has 3 heteroatoms. The summed E-state index contributed by atoms with van der Waals surface area (Å²) in [5.41, 5.74) is 0. The van der Waals surface area contributed by atoms with E-state index >= 15 is 0 Å². The molecule has 126 valence electrons. The Kier molecular flexibility index (Phi) is 4.89. The van der Waals surface area contributed by atoms with Crippen LogP contribution >= 0.6 is 15.1 Å². The van der Waals surface area contributed by atoms with Gasteiger partial charge in [-0.3, -0.25) is 0 Å². The van der Waals surface area contributed by atoms with E-state index in [1.54, 1.807) is 0 Å². The summed E-state index contributed by atoms with van der Waals surface area (Å²) >= 11 is 0. The van der Waals surface area contributed by atoms with Crippen LogP contribution in [0.2, 0.25) is 0 Å². The molecule has 1 saturated heterocycles. The average molecular weight is 364 g/mol. The van der Waals surface area contributed by atoms with Crippen molar-refractivity contribution in [1.29, 1.82) is 0 Å². The minimum atomic E-state index is -2.66. The molecule has 2 atom stereocenters. The fourth-order valence-electron chi connectivity index (χ4n) is 3.84. The van der Waals surface area contributed by atoms with Crippen molar-refractivity contribution in [2.24, 2.45) is 0 Å². The van der Waals surface area contributed by atoms with Crippen LogP contribution in [0, 0.1) is 0 Å². The Labute approximate surface area is 151 Å². The average Bonchev–Trinajstić information content (AvgIpc) is 3.20. The highest BCUT2D eigenvalue weighted by Crippen LogP contribution is 2.66. The van der Waals surface area contributed by atoms with Crippen LogP contribution in [0.1, 0.15) is 12.8 Å². The third-order valence-corrected chi connectivity index (χ3v) is 12.8. The maximum absolute atomic E-state index is 14.6. The van der Waals surface area contributed by atoms with Crippen molar-refractivity contribution in [3.63, 3.8) is 0 Å². The zero-order chi connectivity index (χ0) is 17.1. The van der Waals surface area contributed by atoms with Gasteiger partial charge in [0, 0.05) is 16.0 Å². The van der Waals surface area contributed by atoms with Crippen molar-refractivity contribution >= 4 is 31.0 Å². The second-order valence-corrected chi connectivity index (χ2v) is 12.4. The van der Waals surface area contributed by atoms with Crippen molar-refractivity contribution in [2.75, 3.05) is 6.16 Å². The fourth-order valence-corrected chi connectivity index (χ4v) is 12.2. The lowest BCUT2D eigenvalue weighted by molar-refractivity contribution is 0.583. The van der Waals surface area contributed by atoms with E-state index in [1.807, 2.05) is 36.4 Å². The number of benzene rings is 3. The highest BCUT2D eigenvalue weighted by molar-refractivity contribution is 7.90. The van der Waals surface area contributed by atoms with E-state index in [-0.39, 0.29) is 5.40 Å². The molecular weight excluding hydrogens is 342 g/mol. The van der Waals surface area contributed by atoms with E-state index in [1.165, 1.54) is 17.9 Å². The highest BCUT2D eigenvalue weighted by Gasteiger charge is 2.44. The van der Waals surface area contributed by atoms with Crippen molar-refractivity contribution < 1.29 is 4.57 Å². The normalized spacial score (nSPS) is 20.5. The SMILES string of the molecule is O=P(c1ccccc1)(c1ccccc1)C1CCCP1c1ccccc1.